The summed E-state index contributed by atoms with van der Waals surface area (Å²) in [6.07, 6.45) is 0. The van der Waals surface area contributed by atoms with Gasteiger partial charge in [0.15, 0.2) is 0 Å². The minimum absolute atomic E-state index is 0. The van der Waals surface area contributed by atoms with E-state index in [1.165, 1.54) is 11.1 Å². The Morgan fingerprint density at radius 1 is 0.760 bits per heavy atom. The van der Waals surface area contributed by atoms with Gasteiger partial charge in [0, 0.05) is 0 Å². The molecule has 0 bridgehead atoms. The second-order valence-corrected chi connectivity index (χ2v) is 10.6. The fourth-order valence-electron chi connectivity index (χ4n) is 3.73. The summed E-state index contributed by atoms with van der Waals surface area (Å²) in [7, 11) is 0. The molecular formula is C22H32Cl2Ti. The molecule has 0 amide bonds. The molecule has 2 rings (SSSR count). The van der Waals surface area contributed by atoms with E-state index in [4.69, 9.17) is 0 Å². The fraction of sp³-hybridized carbons (Fsp3) is 0.545. The summed E-state index contributed by atoms with van der Waals surface area (Å²) in [5.74, 6) is 1.21. The second kappa shape index (κ2) is 9.27. The number of hydrogen-bond donors (Lipinski definition) is 0. The van der Waals surface area contributed by atoms with Crippen LogP contribution >= 0.6 is 0 Å². The molecule has 0 nitrogen and oxygen atoms in total. The molecule has 0 heterocycles. The van der Waals surface area contributed by atoms with Crippen molar-refractivity contribution in [2.45, 2.75) is 77.9 Å². The van der Waals surface area contributed by atoms with Gasteiger partial charge in [-0.1, -0.05) is 0 Å². The first-order valence-corrected chi connectivity index (χ1v) is 10.4. The number of benzene rings is 1. The van der Waals surface area contributed by atoms with E-state index in [2.05, 4.69) is 80.5 Å². The summed E-state index contributed by atoms with van der Waals surface area (Å²) >= 11 is -0.292. The van der Waals surface area contributed by atoms with E-state index in [9.17, 15) is 0 Å². The van der Waals surface area contributed by atoms with E-state index in [-0.39, 0.29) is 44.0 Å². The third kappa shape index (κ3) is 4.46. The Bertz CT molecular complexity index is 631. The van der Waals surface area contributed by atoms with Crippen LogP contribution in [-0.2, 0) is 19.2 Å². The molecule has 0 aromatic heterocycles. The molecule has 0 spiro atoms. The van der Waals surface area contributed by atoms with Crippen molar-refractivity contribution in [1.82, 2.24) is 0 Å². The topological polar surface area (TPSA) is 0 Å². The summed E-state index contributed by atoms with van der Waals surface area (Å²) in [5, 5.41) is 0. The van der Waals surface area contributed by atoms with Crippen molar-refractivity contribution in [2.24, 2.45) is 0 Å². The largest absolute Gasteiger partial charge is 1.00 e. The predicted octanol–water partition coefficient (Wildman–Crippen LogP) is 0.514. The van der Waals surface area contributed by atoms with Crippen molar-refractivity contribution in [1.29, 1.82) is 0 Å². The van der Waals surface area contributed by atoms with Gasteiger partial charge >= 0.3 is 153 Å². The molecule has 1 aliphatic carbocycles. The van der Waals surface area contributed by atoms with Gasteiger partial charge in [0.05, 0.1) is 0 Å². The Balaban J connectivity index is 0.00000288. The monoisotopic (exact) mass is 414 g/mol. The maximum absolute atomic E-state index is 2.50. The van der Waals surface area contributed by atoms with Crippen LogP contribution in [0.15, 0.2) is 40.5 Å². The Hall–Kier alpha value is -0.00571. The van der Waals surface area contributed by atoms with Crippen LogP contribution in [0.2, 0.25) is 3.72 Å². The van der Waals surface area contributed by atoms with Gasteiger partial charge in [0.1, 0.15) is 0 Å². The third-order valence-corrected chi connectivity index (χ3v) is 9.18. The summed E-state index contributed by atoms with van der Waals surface area (Å²) in [6.45, 7) is 21.2. The molecule has 0 atom stereocenters. The van der Waals surface area contributed by atoms with E-state index in [1.807, 2.05) is 0 Å². The average Bonchev–Trinajstić information content (AvgIpc) is 2.63. The maximum Gasteiger partial charge on any atom is -1.00 e. The molecule has 25 heavy (non-hydrogen) atoms. The van der Waals surface area contributed by atoms with Crippen LogP contribution in [0.5, 0.6) is 0 Å². The molecule has 0 saturated carbocycles. The van der Waals surface area contributed by atoms with E-state index >= 15 is 0 Å². The maximum atomic E-state index is 2.50. The Morgan fingerprint density at radius 3 is 1.44 bits per heavy atom. The van der Waals surface area contributed by atoms with Gasteiger partial charge in [-0.15, -0.1) is 0 Å². The van der Waals surface area contributed by atoms with Crippen LogP contribution in [0.3, 0.4) is 0 Å². The molecule has 0 unspecified atom stereocenters. The Morgan fingerprint density at radius 2 is 1.12 bits per heavy atom. The van der Waals surface area contributed by atoms with E-state index in [1.54, 1.807) is 26.1 Å². The van der Waals surface area contributed by atoms with Gasteiger partial charge in [-0.2, -0.15) is 0 Å². The minimum Gasteiger partial charge on any atom is -1.00 e. The van der Waals surface area contributed by atoms with Crippen LogP contribution < -0.4 is 28.7 Å². The van der Waals surface area contributed by atoms with E-state index in [0.717, 1.165) is 0 Å². The van der Waals surface area contributed by atoms with Gasteiger partial charge in [0.25, 0.3) is 0 Å². The normalized spacial score (nSPS) is 16.1. The van der Waals surface area contributed by atoms with Gasteiger partial charge in [0.2, 0.25) is 0 Å². The summed E-state index contributed by atoms with van der Waals surface area (Å²) < 4.78 is 2.00. The average molecular weight is 415 g/mol. The minimum atomic E-state index is -0.292. The first-order valence-electron chi connectivity index (χ1n) is 8.88. The molecule has 0 radical (unpaired) electrons. The number of allylic oxidation sites excluding steroid dienone is 4. The molecule has 0 fully saturated rings. The van der Waals surface area contributed by atoms with Gasteiger partial charge in [-0.25, -0.2) is 0 Å². The first-order chi connectivity index (χ1) is 10.6. The molecule has 138 valence electrons. The fourth-order valence-corrected chi connectivity index (χ4v) is 7.29. The van der Waals surface area contributed by atoms with Gasteiger partial charge < -0.3 is 24.8 Å². The zero-order valence-electron chi connectivity index (χ0n) is 17.1. The van der Waals surface area contributed by atoms with Crippen LogP contribution in [0.25, 0.3) is 0 Å². The molecular weight excluding hydrogens is 383 g/mol. The van der Waals surface area contributed by atoms with E-state index in [0.29, 0.717) is 15.6 Å². The number of halogens is 2. The van der Waals surface area contributed by atoms with Crippen LogP contribution in [-0.4, -0.2) is 0 Å². The first kappa shape index (κ1) is 25.0. The summed E-state index contributed by atoms with van der Waals surface area (Å²) in [6, 6.07) is 7.00. The standard InChI is InChI=1S/C12H17.C10H15.2ClH.Ti/c1-9(2)11-6-5-7-12(8-11)10(3)4;1-6-7(2)9(4)10(5)8(6)3;;;/h5-7,9-10H,1-4H3;1-5H3;2*1H;/q;;;;+2/p-2. The molecule has 0 aliphatic heterocycles. The predicted molar refractivity (Wildman–Crippen MR) is 99.4 cm³/mol. The molecule has 0 saturated heterocycles. The van der Waals surface area contributed by atoms with Crippen molar-refractivity contribution >= 4 is 3.87 Å². The quantitative estimate of drug-likeness (QED) is 0.630. The van der Waals surface area contributed by atoms with Crippen LogP contribution in [0.1, 0.15) is 85.3 Å². The Labute approximate surface area is 176 Å². The van der Waals surface area contributed by atoms with Gasteiger partial charge in [-0.05, 0) is 0 Å². The molecule has 1 aromatic rings. The number of hydrogen-bond acceptors (Lipinski definition) is 0. The number of rotatable bonds is 4. The van der Waals surface area contributed by atoms with Crippen molar-refractivity contribution in [3.63, 3.8) is 0 Å². The van der Waals surface area contributed by atoms with Crippen molar-refractivity contribution in [3.05, 3.63) is 51.6 Å². The second-order valence-electron chi connectivity index (χ2n) is 7.87. The van der Waals surface area contributed by atoms with Crippen molar-refractivity contribution < 1.29 is 44.0 Å². The third-order valence-electron chi connectivity index (χ3n) is 5.94. The summed E-state index contributed by atoms with van der Waals surface area (Å²) in [5.41, 5.74) is 9.45. The zero-order chi connectivity index (χ0) is 17.5. The van der Waals surface area contributed by atoms with Gasteiger partial charge in [-0.3, -0.25) is 0 Å². The van der Waals surface area contributed by atoms with Crippen LogP contribution in [0.4, 0.5) is 0 Å². The van der Waals surface area contributed by atoms with Crippen molar-refractivity contribution in [3.8, 4) is 0 Å². The molecule has 1 aliphatic rings. The molecule has 0 N–H and O–H groups in total. The SMILES string of the molecule is CC1=C(C)[C](C)([Ti+2][c]2c(C(C)C)cccc2C(C)C)C(C)=C1C.[Cl-].[Cl-]. The Kier molecular flexibility index (Phi) is 9.27. The molecule has 1 aromatic carbocycles. The van der Waals surface area contributed by atoms with Crippen LogP contribution in [0, 0.1) is 0 Å². The van der Waals surface area contributed by atoms with E-state index < -0.39 is 0 Å². The van der Waals surface area contributed by atoms with Crippen molar-refractivity contribution in [2.75, 3.05) is 0 Å². The molecule has 3 heteroatoms. The summed E-state index contributed by atoms with van der Waals surface area (Å²) in [4.78, 5) is 0. The smallest absolute Gasteiger partial charge is 1.00 e. The zero-order valence-corrected chi connectivity index (χ0v) is 20.2.